The van der Waals surface area contributed by atoms with E-state index in [0.717, 1.165) is 44.0 Å². The Morgan fingerprint density at radius 2 is 2.12 bits per heavy atom. The summed E-state index contributed by atoms with van der Waals surface area (Å²) in [5, 5.41) is 0. The van der Waals surface area contributed by atoms with Crippen LogP contribution in [0.25, 0.3) is 0 Å². The third kappa shape index (κ3) is 3.48. The van der Waals surface area contributed by atoms with Crippen LogP contribution < -0.4 is 9.47 Å². The molecular weight excluding hydrogens is 318 g/mol. The number of likely N-dealkylation sites (tertiary alicyclic amines) is 1. The Hall–Kier alpha value is -2.50. The van der Waals surface area contributed by atoms with Gasteiger partial charge in [-0.15, -0.1) is 0 Å². The molecule has 1 atom stereocenters. The zero-order valence-corrected chi connectivity index (χ0v) is 14.5. The van der Waals surface area contributed by atoms with Crippen LogP contribution in [-0.4, -0.2) is 40.2 Å². The van der Waals surface area contributed by atoms with Crippen LogP contribution in [0.3, 0.4) is 0 Å². The van der Waals surface area contributed by atoms with E-state index in [2.05, 4.69) is 24.0 Å². The fourth-order valence-corrected chi connectivity index (χ4v) is 3.74. The number of carbonyl (C=O) groups excluding carboxylic acids is 1. The molecule has 6 nitrogen and oxygen atoms in total. The predicted molar refractivity (Wildman–Crippen MR) is 92.4 cm³/mol. The van der Waals surface area contributed by atoms with Crippen molar-refractivity contribution in [2.75, 3.05) is 19.9 Å². The van der Waals surface area contributed by atoms with Gasteiger partial charge in [0.15, 0.2) is 11.5 Å². The summed E-state index contributed by atoms with van der Waals surface area (Å²) in [6.07, 6.45) is 7.95. The number of nitrogens with zero attached hydrogens (tertiary/aromatic N) is 3. The molecule has 4 rings (SSSR count). The number of fused-ring (bicyclic) bond motifs is 1. The maximum atomic E-state index is 12.3. The van der Waals surface area contributed by atoms with Gasteiger partial charge in [-0.05, 0) is 36.0 Å². The van der Waals surface area contributed by atoms with Crippen LogP contribution in [0.15, 0.2) is 36.9 Å². The Labute approximate surface area is 147 Å². The number of piperidine rings is 1. The standard InChI is InChI=1S/C19H23N3O3/c1-19(11-15-2-3-16-17(10-15)25-14-24-16)5-4-18(23)22(12-19)9-8-21-7-6-20-13-21/h2-3,6-7,10,13H,4-5,8-9,11-12,14H2,1H3/t19-/m1/s1. The smallest absolute Gasteiger partial charge is 0.231 e. The van der Waals surface area contributed by atoms with Gasteiger partial charge < -0.3 is 18.9 Å². The highest BCUT2D eigenvalue weighted by Gasteiger charge is 2.35. The lowest BCUT2D eigenvalue weighted by molar-refractivity contribution is -0.137. The first kappa shape index (κ1) is 16.0. The van der Waals surface area contributed by atoms with Crippen molar-refractivity contribution >= 4 is 5.91 Å². The fraction of sp³-hybridized carbons (Fsp3) is 0.474. The van der Waals surface area contributed by atoms with Crippen molar-refractivity contribution in [2.45, 2.75) is 32.7 Å². The van der Waals surface area contributed by atoms with Gasteiger partial charge in [0.2, 0.25) is 12.7 Å². The van der Waals surface area contributed by atoms with Crippen LogP contribution in [0, 0.1) is 5.41 Å². The number of ether oxygens (including phenoxy) is 2. The number of rotatable bonds is 5. The van der Waals surface area contributed by atoms with Gasteiger partial charge >= 0.3 is 0 Å². The van der Waals surface area contributed by atoms with Crippen molar-refractivity contribution in [1.29, 1.82) is 0 Å². The minimum absolute atomic E-state index is 0.0799. The molecule has 1 saturated heterocycles. The summed E-state index contributed by atoms with van der Waals surface area (Å²) in [4.78, 5) is 18.4. The van der Waals surface area contributed by atoms with Crippen LogP contribution in [-0.2, 0) is 17.8 Å². The summed E-state index contributed by atoms with van der Waals surface area (Å²) in [5.41, 5.74) is 1.31. The molecule has 1 aromatic heterocycles. The second-order valence-corrected chi connectivity index (χ2v) is 7.29. The Kier molecular flexibility index (Phi) is 4.11. The Balaban J connectivity index is 1.42. The molecule has 1 aromatic carbocycles. The van der Waals surface area contributed by atoms with Crippen LogP contribution in [0.2, 0.25) is 0 Å². The van der Waals surface area contributed by atoms with Crippen LogP contribution in [0.5, 0.6) is 11.5 Å². The molecule has 2 aromatic rings. The summed E-state index contributed by atoms with van der Waals surface area (Å²) < 4.78 is 12.9. The average Bonchev–Trinajstić information content (AvgIpc) is 3.27. The molecule has 0 unspecified atom stereocenters. The zero-order valence-electron chi connectivity index (χ0n) is 14.5. The molecule has 6 heteroatoms. The van der Waals surface area contributed by atoms with Gasteiger partial charge in [0.25, 0.3) is 0 Å². The lowest BCUT2D eigenvalue weighted by Gasteiger charge is -2.40. The van der Waals surface area contributed by atoms with Crippen molar-refractivity contribution < 1.29 is 14.3 Å². The molecule has 0 bridgehead atoms. The van der Waals surface area contributed by atoms with Crippen LogP contribution in [0.4, 0.5) is 0 Å². The van der Waals surface area contributed by atoms with E-state index in [1.165, 1.54) is 5.56 Å². The summed E-state index contributed by atoms with van der Waals surface area (Å²) in [7, 11) is 0. The highest BCUT2D eigenvalue weighted by Crippen LogP contribution is 2.37. The maximum absolute atomic E-state index is 12.3. The van der Waals surface area contributed by atoms with E-state index in [0.29, 0.717) is 13.2 Å². The first-order chi connectivity index (χ1) is 12.1. The van der Waals surface area contributed by atoms with E-state index in [1.54, 1.807) is 12.5 Å². The number of benzene rings is 1. The van der Waals surface area contributed by atoms with E-state index in [4.69, 9.17) is 9.47 Å². The minimum Gasteiger partial charge on any atom is -0.454 e. The molecule has 0 spiro atoms. The van der Waals surface area contributed by atoms with E-state index >= 15 is 0 Å². The van der Waals surface area contributed by atoms with E-state index in [9.17, 15) is 4.79 Å². The third-order valence-corrected chi connectivity index (χ3v) is 5.12. The highest BCUT2D eigenvalue weighted by atomic mass is 16.7. The summed E-state index contributed by atoms with van der Waals surface area (Å²) in [6, 6.07) is 6.15. The molecule has 0 radical (unpaired) electrons. The number of imidazole rings is 1. The van der Waals surface area contributed by atoms with E-state index in [1.807, 2.05) is 21.7 Å². The first-order valence-electron chi connectivity index (χ1n) is 8.73. The van der Waals surface area contributed by atoms with Gasteiger partial charge in [-0.3, -0.25) is 4.79 Å². The minimum atomic E-state index is 0.0799. The second kappa shape index (κ2) is 6.43. The highest BCUT2D eigenvalue weighted by molar-refractivity contribution is 5.77. The Morgan fingerprint density at radius 3 is 2.96 bits per heavy atom. The number of amides is 1. The molecule has 3 heterocycles. The molecule has 25 heavy (non-hydrogen) atoms. The number of carbonyl (C=O) groups is 1. The molecule has 0 N–H and O–H groups in total. The SMILES string of the molecule is C[C@]1(Cc2ccc3c(c2)OCO3)CCC(=O)N(CCn2ccnc2)C1. The van der Waals surface area contributed by atoms with Crippen molar-refractivity contribution in [3.05, 3.63) is 42.5 Å². The molecule has 0 aliphatic carbocycles. The van der Waals surface area contributed by atoms with Crippen molar-refractivity contribution in [3.63, 3.8) is 0 Å². The maximum Gasteiger partial charge on any atom is 0.231 e. The van der Waals surface area contributed by atoms with Crippen molar-refractivity contribution in [2.24, 2.45) is 5.41 Å². The quantitative estimate of drug-likeness (QED) is 0.838. The van der Waals surface area contributed by atoms with Gasteiger partial charge in [-0.25, -0.2) is 4.98 Å². The van der Waals surface area contributed by atoms with Gasteiger partial charge in [-0.2, -0.15) is 0 Å². The summed E-state index contributed by atoms with van der Waals surface area (Å²) in [6.45, 7) is 4.87. The van der Waals surface area contributed by atoms with E-state index in [-0.39, 0.29) is 11.3 Å². The largest absolute Gasteiger partial charge is 0.454 e. The molecule has 1 amide bonds. The molecule has 132 valence electrons. The Morgan fingerprint density at radius 1 is 1.24 bits per heavy atom. The zero-order chi connectivity index (χ0) is 17.3. The van der Waals surface area contributed by atoms with Gasteiger partial charge in [0.1, 0.15) is 0 Å². The number of hydrogen-bond donors (Lipinski definition) is 0. The first-order valence-corrected chi connectivity index (χ1v) is 8.73. The van der Waals surface area contributed by atoms with Gasteiger partial charge in [-0.1, -0.05) is 13.0 Å². The predicted octanol–water partition coefficient (Wildman–Crippen LogP) is 2.48. The lowest BCUT2D eigenvalue weighted by Crippen LogP contribution is -2.47. The third-order valence-electron chi connectivity index (χ3n) is 5.12. The van der Waals surface area contributed by atoms with Crippen LogP contribution >= 0.6 is 0 Å². The van der Waals surface area contributed by atoms with E-state index < -0.39 is 0 Å². The molecule has 1 fully saturated rings. The second-order valence-electron chi connectivity index (χ2n) is 7.29. The monoisotopic (exact) mass is 341 g/mol. The van der Waals surface area contributed by atoms with Gasteiger partial charge in [0, 0.05) is 38.4 Å². The fourth-order valence-electron chi connectivity index (χ4n) is 3.74. The summed E-state index contributed by atoms with van der Waals surface area (Å²) >= 11 is 0. The van der Waals surface area contributed by atoms with Crippen molar-refractivity contribution in [1.82, 2.24) is 14.5 Å². The topological polar surface area (TPSA) is 56.6 Å². The lowest BCUT2D eigenvalue weighted by atomic mass is 9.76. The summed E-state index contributed by atoms with van der Waals surface area (Å²) in [5.74, 6) is 1.89. The number of aromatic nitrogens is 2. The molecular formula is C19H23N3O3. The normalized spacial score (nSPS) is 22.4. The number of hydrogen-bond acceptors (Lipinski definition) is 4. The van der Waals surface area contributed by atoms with Crippen LogP contribution in [0.1, 0.15) is 25.3 Å². The molecule has 2 aliphatic heterocycles. The average molecular weight is 341 g/mol. The van der Waals surface area contributed by atoms with Crippen molar-refractivity contribution in [3.8, 4) is 11.5 Å². The van der Waals surface area contributed by atoms with Gasteiger partial charge in [0.05, 0.1) is 6.33 Å². The molecule has 2 aliphatic rings. The molecule has 0 saturated carbocycles. The Bertz CT molecular complexity index is 759.